The summed E-state index contributed by atoms with van der Waals surface area (Å²) in [4.78, 5) is 22.8. The Morgan fingerprint density at radius 2 is 1.62 bits per heavy atom. The number of rotatable bonds is 15. The molecule has 0 aliphatic heterocycles. The molecule has 0 aliphatic rings. The van der Waals surface area contributed by atoms with E-state index in [-0.39, 0.29) is 12.4 Å². The maximum absolute atomic E-state index is 11.9. The molecule has 26 heavy (non-hydrogen) atoms. The summed E-state index contributed by atoms with van der Waals surface area (Å²) in [5, 5.41) is 8.96. The van der Waals surface area contributed by atoms with Crippen LogP contribution in [-0.4, -0.2) is 55.3 Å². The highest BCUT2D eigenvalue weighted by atomic mass is 16.5. The first-order valence-electron chi connectivity index (χ1n) is 9.76. The van der Waals surface area contributed by atoms with Gasteiger partial charge in [-0.2, -0.15) is 0 Å². The quantitative estimate of drug-likeness (QED) is 0.153. The Morgan fingerprint density at radius 1 is 1.00 bits per heavy atom. The first-order valence-corrected chi connectivity index (χ1v) is 9.76. The van der Waals surface area contributed by atoms with Gasteiger partial charge in [0, 0.05) is 6.42 Å². The molecular weight excluding hydrogens is 333 g/mol. The first kappa shape index (κ1) is 24.4. The van der Waals surface area contributed by atoms with Crippen LogP contribution in [0.25, 0.3) is 0 Å². The second-order valence-corrected chi connectivity index (χ2v) is 7.75. The van der Waals surface area contributed by atoms with E-state index in [0.29, 0.717) is 17.4 Å². The molecule has 0 aromatic heterocycles. The van der Waals surface area contributed by atoms with Crippen molar-refractivity contribution in [3.05, 3.63) is 24.3 Å². The highest BCUT2D eigenvalue weighted by Gasteiger charge is 2.24. The largest absolute Gasteiger partial charge is 0.481 e. The Bertz CT molecular complexity index is 449. The predicted octanol–water partition coefficient (Wildman–Crippen LogP) is 4.33. The summed E-state index contributed by atoms with van der Waals surface area (Å²) in [6.45, 7) is 2.70. The average molecular weight is 372 g/mol. The Labute approximate surface area is 159 Å². The normalized spacial score (nSPS) is 13.4. The topological polar surface area (TPSA) is 63.6 Å². The lowest BCUT2D eigenvalue weighted by atomic mass is 10.2. The van der Waals surface area contributed by atoms with E-state index < -0.39 is 12.1 Å². The zero-order valence-corrected chi connectivity index (χ0v) is 17.1. The van der Waals surface area contributed by atoms with Crippen LogP contribution in [0.5, 0.6) is 0 Å². The van der Waals surface area contributed by atoms with Gasteiger partial charge in [-0.3, -0.25) is 9.59 Å². The smallest absolute Gasteiger partial charge is 0.307 e. The van der Waals surface area contributed by atoms with Crippen molar-refractivity contribution < 1.29 is 23.9 Å². The van der Waals surface area contributed by atoms with Crippen molar-refractivity contribution >= 4 is 11.9 Å². The van der Waals surface area contributed by atoms with Crippen molar-refractivity contribution in [1.29, 1.82) is 0 Å². The van der Waals surface area contributed by atoms with Crippen LogP contribution in [0.15, 0.2) is 24.3 Å². The van der Waals surface area contributed by atoms with Gasteiger partial charge in [0.05, 0.1) is 27.6 Å². The molecule has 0 heterocycles. The minimum Gasteiger partial charge on any atom is -0.481 e. The lowest BCUT2D eigenvalue weighted by Crippen LogP contribution is -2.43. The number of carbonyl (C=O) groups is 2. The van der Waals surface area contributed by atoms with E-state index in [4.69, 9.17) is 9.84 Å². The van der Waals surface area contributed by atoms with E-state index >= 15 is 0 Å². The predicted molar refractivity (Wildman–Crippen MR) is 106 cm³/mol. The van der Waals surface area contributed by atoms with Crippen molar-refractivity contribution in [1.82, 2.24) is 0 Å². The molecule has 0 aliphatic carbocycles. The molecule has 0 fully saturated rings. The van der Waals surface area contributed by atoms with E-state index in [9.17, 15) is 9.59 Å². The number of carboxylic acid groups (broad SMARTS) is 1. The van der Waals surface area contributed by atoms with Crippen molar-refractivity contribution in [2.45, 2.75) is 70.8 Å². The summed E-state index contributed by atoms with van der Waals surface area (Å²) in [7, 11) is 5.85. The maximum atomic E-state index is 11.9. The summed E-state index contributed by atoms with van der Waals surface area (Å²) >= 11 is 0. The van der Waals surface area contributed by atoms with Crippen LogP contribution in [0, 0.1) is 0 Å². The fourth-order valence-electron chi connectivity index (χ4n) is 2.58. The lowest BCUT2D eigenvalue weighted by molar-refractivity contribution is -0.873. The number of hydrogen-bond donors (Lipinski definition) is 1. The van der Waals surface area contributed by atoms with Gasteiger partial charge in [0.15, 0.2) is 6.10 Å². The van der Waals surface area contributed by atoms with Crippen LogP contribution < -0.4 is 0 Å². The van der Waals surface area contributed by atoms with Crippen LogP contribution in [0.2, 0.25) is 0 Å². The van der Waals surface area contributed by atoms with Gasteiger partial charge in [-0.1, -0.05) is 44.1 Å². The number of unbranched alkanes of at least 4 members (excludes halogenated alkanes) is 4. The molecule has 0 aromatic carbocycles. The van der Waals surface area contributed by atoms with Gasteiger partial charge in [0.25, 0.3) is 0 Å². The number of esters is 1. The summed E-state index contributed by atoms with van der Waals surface area (Å²) in [6, 6.07) is 0. The van der Waals surface area contributed by atoms with Crippen molar-refractivity contribution in [2.24, 2.45) is 0 Å². The molecular formula is C21H38NO4+. The lowest BCUT2D eigenvalue weighted by Gasteiger charge is -2.28. The van der Waals surface area contributed by atoms with Crippen molar-refractivity contribution in [2.75, 3.05) is 27.7 Å². The third-order valence-corrected chi connectivity index (χ3v) is 3.78. The molecule has 0 saturated carbocycles. The molecule has 0 unspecified atom stereocenters. The zero-order chi connectivity index (χ0) is 19.8. The average Bonchev–Trinajstić information content (AvgIpc) is 2.50. The monoisotopic (exact) mass is 371 g/mol. The van der Waals surface area contributed by atoms with Gasteiger partial charge >= 0.3 is 11.9 Å². The van der Waals surface area contributed by atoms with Gasteiger partial charge in [-0.25, -0.2) is 0 Å². The number of nitrogens with zero attached hydrogens (tertiary/aromatic N) is 1. The summed E-state index contributed by atoms with van der Waals surface area (Å²) in [5.41, 5.74) is 0. The number of ether oxygens (including phenoxy) is 1. The van der Waals surface area contributed by atoms with Gasteiger partial charge in [0.1, 0.15) is 6.54 Å². The van der Waals surface area contributed by atoms with Crippen LogP contribution in [0.1, 0.15) is 64.7 Å². The zero-order valence-electron chi connectivity index (χ0n) is 17.1. The molecule has 0 rings (SSSR count). The minimum absolute atomic E-state index is 0.147. The number of likely N-dealkylation sites (N-methyl/N-ethyl adjacent to an activating group) is 1. The van der Waals surface area contributed by atoms with Crippen molar-refractivity contribution in [3.63, 3.8) is 0 Å². The number of allylic oxidation sites excluding steroid dienone is 4. The highest BCUT2D eigenvalue weighted by molar-refractivity contribution is 5.71. The molecule has 5 heteroatoms. The van der Waals surface area contributed by atoms with Gasteiger partial charge in [-0.05, 0) is 32.1 Å². The maximum Gasteiger partial charge on any atom is 0.307 e. The number of quaternary nitrogens is 1. The third-order valence-electron chi connectivity index (χ3n) is 3.78. The van der Waals surface area contributed by atoms with Crippen molar-refractivity contribution in [3.8, 4) is 0 Å². The van der Waals surface area contributed by atoms with Crippen LogP contribution >= 0.6 is 0 Å². The summed E-state index contributed by atoms with van der Waals surface area (Å²) < 4.78 is 5.91. The fraction of sp³-hybridized carbons (Fsp3) is 0.714. The number of hydrogen-bond acceptors (Lipinski definition) is 3. The molecule has 0 bridgehead atoms. The number of carboxylic acids is 1. The fourth-order valence-corrected chi connectivity index (χ4v) is 2.58. The molecule has 0 aromatic rings. The van der Waals surface area contributed by atoms with Crippen LogP contribution in [0.4, 0.5) is 0 Å². The van der Waals surface area contributed by atoms with Crippen LogP contribution in [-0.2, 0) is 14.3 Å². The molecule has 5 nitrogen and oxygen atoms in total. The SMILES string of the molecule is CCCCC/C=C\C/C=C\CCCC(=O)O[C@H](CC(=O)O)C[N+]([13CH3])([13CH3])[13CH3]. The summed E-state index contributed by atoms with van der Waals surface area (Å²) in [5.74, 6) is -1.25. The standard InChI is InChI=1S/C21H37NO4/c1-5-6-7-8-9-10-11-12-13-14-15-16-21(25)26-19(17-20(23)24)18-22(2,3)4/h9-10,12-13,19H,5-8,11,14-18H2,1-4H3/p+1/b10-9-,13-12-/t19-/m1/s1/i2+1,3+1,4+1. The molecule has 1 atom stereocenters. The molecule has 0 spiro atoms. The number of carbonyl (C=O) groups excluding carboxylic acids is 1. The Hall–Kier alpha value is -1.62. The number of aliphatic carboxylic acids is 1. The Morgan fingerprint density at radius 3 is 2.15 bits per heavy atom. The van der Waals surface area contributed by atoms with E-state index in [1.165, 1.54) is 19.3 Å². The Kier molecular flexibility index (Phi) is 13.6. The molecule has 1 N–H and O–H groups in total. The van der Waals surface area contributed by atoms with E-state index in [1.807, 2.05) is 21.1 Å². The summed E-state index contributed by atoms with van der Waals surface area (Å²) in [6.07, 6.45) is 15.7. The molecule has 0 amide bonds. The van der Waals surface area contributed by atoms with E-state index in [2.05, 4.69) is 31.2 Å². The van der Waals surface area contributed by atoms with E-state index in [0.717, 1.165) is 25.7 Å². The second kappa shape index (κ2) is 14.5. The molecule has 0 saturated heterocycles. The Balaban J connectivity index is 3.94. The van der Waals surface area contributed by atoms with Gasteiger partial charge < -0.3 is 14.3 Å². The highest BCUT2D eigenvalue weighted by Crippen LogP contribution is 2.08. The second-order valence-electron chi connectivity index (χ2n) is 7.75. The van der Waals surface area contributed by atoms with E-state index in [1.54, 1.807) is 0 Å². The van der Waals surface area contributed by atoms with Gasteiger partial charge in [-0.15, -0.1) is 0 Å². The van der Waals surface area contributed by atoms with Gasteiger partial charge in [0.2, 0.25) is 0 Å². The van der Waals surface area contributed by atoms with Crippen LogP contribution in [0.3, 0.4) is 0 Å². The minimum atomic E-state index is -0.943. The molecule has 150 valence electrons. The molecule has 0 radical (unpaired) electrons. The third kappa shape index (κ3) is 17.2. The first-order chi connectivity index (χ1) is 12.2.